The summed E-state index contributed by atoms with van der Waals surface area (Å²) < 4.78 is 63.6. The van der Waals surface area contributed by atoms with Gasteiger partial charge >= 0.3 is 15.6 Å². The number of hydrogen-bond donors (Lipinski definition) is 0. The van der Waals surface area contributed by atoms with Crippen LogP contribution in [0.2, 0.25) is 0 Å². The molecule has 0 saturated heterocycles. The molecule has 4 nitrogen and oxygen atoms in total. The lowest BCUT2D eigenvalue weighted by molar-refractivity contribution is -0.0499. The number of rotatable bonds is 3. The van der Waals surface area contributed by atoms with Crippen molar-refractivity contribution in [2.45, 2.75) is 5.51 Å². The quantitative estimate of drug-likeness (QED) is 0.639. The number of nitrogens with zero attached hydrogens (tertiary/aromatic N) is 1. The van der Waals surface area contributed by atoms with Crippen LogP contribution in [0.5, 0.6) is 5.75 Å². The van der Waals surface area contributed by atoms with Crippen LogP contribution in [-0.4, -0.2) is 13.9 Å². The summed E-state index contributed by atoms with van der Waals surface area (Å²) in [6.07, 6.45) is 0. The number of para-hydroxylation sites is 1. The molecule has 0 aliphatic carbocycles. The number of halogens is 3. The molecule has 0 saturated carbocycles. The van der Waals surface area contributed by atoms with E-state index in [9.17, 15) is 21.6 Å². The summed E-state index contributed by atoms with van der Waals surface area (Å²) in [4.78, 5) is 0. The molecule has 0 radical (unpaired) electrons. The Bertz CT molecular complexity index is 822. The van der Waals surface area contributed by atoms with E-state index in [2.05, 4.69) is 4.18 Å². The first-order valence-electron chi connectivity index (χ1n) is 5.85. The summed E-state index contributed by atoms with van der Waals surface area (Å²) in [7, 11) is -5.75. The van der Waals surface area contributed by atoms with Gasteiger partial charge in [0.1, 0.15) is 0 Å². The average molecular weight is 327 g/mol. The molecule has 0 aromatic heterocycles. The highest BCUT2D eigenvalue weighted by molar-refractivity contribution is 7.88. The summed E-state index contributed by atoms with van der Waals surface area (Å²) in [5.41, 5.74) is -4.55. The van der Waals surface area contributed by atoms with Crippen LogP contribution in [0.25, 0.3) is 11.1 Å². The maximum atomic E-state index is 12.4. The highest BCUT2D eigenvalue weighted by Gasteiger charge is 2.48. The second-order valence-electron chi connectivity index (χ2n) is 4.17. The second kappa shape index (κ2) is 5.69. The lowest BCUT2D eigenvalue weighted by atomic mass is 10.0. The Labute approximate surface area is 124 Å². The minimum absolute atomic E-state index is 0.166. The molecule has 0 bridgehead atoms. The zero-order valence-electron chi connectivity index (χ0n) is 10.8. The maximum absolute atomic E-state index is 12.4. The van der Waals surface area contributed by atoms with Gasteiger partial charge in [0.25, 0.3) is 0 Å². The Balaban J connectivity index is 2.45. The molecule has 0 amide bonds. The van der Waals surface area contributed by atoms with Crippen molar-refractivity contribution in [1.29, 1.82) is 5.26 Å². The van der Waals surface area contributed by atoms with E-state index in [1.54, 1.807) is 0 Å². The largest absolute Gasteiger partial charge is 0.534 e. The maximum Gasteiger partial charge on any atom is 0.534 e. The van der Waals surface area contributed by atoms with Crippen molar-refractivity contribution in [2.24, 2.45) is 0 Å². The number of benzene rings is 2. The van der Waals surface area contributed by atoms with Crippen LogP contribution in [0, 0.1) is 11.3 Å². The van der Waals surface area contributed by atoms with Crippen molar-refractivity contribution in [3.63, 3.8) is 0 Å². The smallest absolute Gasteiger partial charge is 0.375 e. The molecule has 0 aliphatic heterocycles. The molecule has 114 valence electrons. The van der Waals surface area contributed by atoms with E-state index in [-0.39, 0.29) is 5.56 Å². The minimum Gasteiger partial charge on any atom is -0.375 e. The molecular weight excluding hydrogens is 319 g/mol. The van der Waals surface area contributed by atoms with Crippen molar-refractivity contribution in [2.75, 3.05) is 0 Å². The van der Waals surface area contributed by atoms with Crippen molar-refractivity contribution in [1.82, 2.24) is 0 Å². The molecule has 22 heavy (non-hydrogen) atoms. The summed E-state index contributed by atoms with van der Waals surface area (Å²) in [6, 6.07) is 13.2. The van der Waals surface area contributed by atoms with Gasteiger partial charge in [-0.05, 0) is 23.8 Å². The third-order valence-corrected chi connectivity index (χ3v) is 3.66. The lowest BCUT2D eigenvalue weighted by Gasteiger charge is -2.13. The Morgan fingerprint density at radius 1 is 1.00 bits per heavy atom. The number of nitriles is 1. The molecule has 8 heteroatoms. The van der Waals surface area contributed by atoms with E-state index >= 15 is 0 Å². The summed E-state index contributed by atoms with van der Waals surface area (Å²) in [6.45, 7) is 0. The topological polar surface area (TPSA) is 67.2 Å². The normalized spacial score (nSPS) is 11.7. The minimum atomic E-state index is -5.75. The summed E-state index contributed by atoms with van der Waals surface area (Å²) in [5.74, 6) is -0.440. The Morgan fingerprint density at radius 3 is 2.14 bits per heavy atom. The highest BCUT2D eigenvalue weighted by Crippen LogP contribution is 2.34. The fourth-order valence-electron chi connectivity index (χ4n) is 1.67. The molecule has 0 aliphatic rings. The van der Waals surface area contributed by atoms with Gasteiger partial charge in [-0.1, -0.05) is 30.3 Å². The van der Waals surface area contributed by atoms with Gasteiger partial charge in [0.2, 0.25) is 0 Å². The number of alkyl halides is 3. The van der Waals surface area contributed by atoms with Gasteiger partial charge in [-0.25, -0.2) is 0 Å². The third-order valence-electron chi connectivity index (χ3n) is 2.70. The van der Waals surface area contributed by atoms with Gasteiger partial charge in [-0.3, -0.25) is 0 Å². The first kappa shape index (κ1) is 15.9. The Morgan fingerprint density at radius 2 is 1.59 bits per heavy atom. The van der Waals surface area contributed by atoms with Crippen molar-refractivity contribution in [3.8, 4) is 22.9 Å². The fraction of sp³-hybridized carbons (Fsp3) is 0.0714. The van der Waals surface area contributed by atoms with Crippen LogP contribution in [0.4, 0.5) is 13.2 Å². The molecule has 0 atom stereocenters. The molecular formula is C14H8F3NO3S. The molecule has 2 aromatic rings. The predicted octanol–water partition coefficient (Wildman–Crippen LogP) is 3.45. The molecule has 0 spiro atoms. The molecule has 2 rings (SSSR count). The van der Waals surface area contributed by atoms with Gasteiger partial charge in [0, 0.05) is 5.56 Å². The summed E-state index contributed by atoms with van der Waals surface area (Å²) >= 11 is 0. The van der Waals surface area contributed by atoms with Crippen molar-refractivity contribution < 1.29 is 25.8 Å². The van der Waals surface area contributed by atoms with E-state index < -0.39 is 21.4 Å². The standard InChI is InChI=1S/C14H8F3NO3S/c15-14(16,17)22(19,20)21-13-4-2-1-3-12(13)11-7-5-10(9-18)6-8-11/h1-8H. The van der Waals surface area contributed by atoms with Crippen LogP contribution in [0.15, 0.2) is 48.5 Å². The van der Waals surface area contributed by atoms with Crippen molar-refractivity contribution in [3.05, 3.63) is 54.1 Å². The Hall–Kier alpha value is -2.53. The van der Waals surface area contributed by atoms with E-state index in [1.807, 2.05) is 6.07 Å². The van der Waals surface area contributed by atoms with Gasteiger partial charge in [-0.15, -0.1) is 0 Å². The predicted molar refractivity (Wildman–Crippen MR) is 72.2 cm³/mol. The first-order valence-corrected chi connectivity index (χ1v) is 7.26. The molecule has 0 unspecified atom stereocenters. The van der Waals surface area contributed by atoms with E-state index in [4.69, 9.17) is 5.26 Å². The van der Waals surface area contributed by atoms with E-state index in [0.717, 1.165) is 6.07 Å². The molecule has 2 aromatic carbocycles. The van der Waals surface area contributed by atoms with Gasteiger partial charge in [-0.2, -0.15) is 26.9 Å². The van der Waals surface area contributed by atoms with Crippen LogP contribution in [0.3, 0.4) is 0 Å². The molecule has 0 N–H and O–H groups in total. The lowest BCUT2D eigenvalue weighted by Crippen LogP contribution is -2.28. The summed E-state index contributed by atoms with van der Waals surface area (Å²) in [5, 5.41) is 8.72. The monoisotopic (exact) mass is 327 g/mol. The number of hydrogen-bond acceptors (Lipinski definition) is 4. The highest BCUT2D eigenvalue weighted by atomic mass is 32.2. The SMILES string of the molecule is N#Cc1ccc(-c2ccccc2OS(=O)(=O)C(F)(F)F)cc1. The molecule has 0 fully saturated rings. The van der Waals surface area contributed by atoms with Gasteiger partial charge in [0.15, 0.2) is 5.75 Å². The Kier molecular flexibility index (Phi) is 4.10. The van der Waals surface area contributed by atoms with Gasteiger partial charge in [0.05, 0.1) is 11.6 Å². The van der Waals surface area contributed by atoms with Crippen LogP contribution in [0.1, 0.15) is 5.56 Å². The van der Waals surface area contributed by atoms with Crippen LogP contribution in [-0.2, 0) is 10.1 Å². The van der Waals surface area contributed by atoms with Crippen molar-refractivity contribution >= 4 is 10.1 Å². The third kappa shape index (κ3) is 3.20. The van der Waals surface area contributed by atoms with E-state index in [1.165, 1.54) is 42.5 Å². The fourth-order valence-corrected chi connectivity index (χ4v) is 2.14. The van der Waals surface area contributed by atoms with Crippen LogP contribution < -0.4 is 4.18 Å². The molecule has 0 heterocycles. The van der Waals surface area contributed by atoms with Gasteiger partial charge < -0.3 is 4.18 Å². The second-order valence-corrected chi connectivity index (χ2v) is 5.71. The van der Waals surface area contributed by atoms with E-state index in [0.29, 0.717) is 11.1 Å². The zero-order chi connectivity index (χ0) is 16.4. The average Bonchev–Trinajstić information content (AvgIpc) is 2.46. The first-order chi connectivity index (χ1) is 10.2. The zero-order valence-corrected chi connectivity index (χ0v) is 11.6. The van der Waals surface area contributed by atoms with Crippen LogP contribution >= 0.6 is 0 Å².